The van der Waals surface area contributed by atoms with Gasteiger partial charge >= 0.3 is 0 Å². The average molecular weight is 415 g/mol. The van der Waals surface area contributed by atoms with Crippen LogP contribution in [0.25, 0.3) is 0 Å². The van der Waals surface area contributed by atoms with Crippen molar-refractivity contribution in [3.63, 3.8) is 0 Å². The van der Waals surface area contributed by atoms with Crippen LogP contribution in [-0.2, 0) is 14.8 Å². The van der Waals surface area contributed by atoms with Gasteiger partial charge < -0.3 is 9.80 Å². The molecule has 3 rings (SSSR count). The Balaban J connectivity index is 1.58. The van der Waals surface area contributed by atoms with Crippen molar-refractivity contribution in [1.29, 1.82) is 0 Å². The number of halogens is 1. The predicted octanol–water partition coefficient (Wildman–Crippen LogP) is 1.02. The minimum atomic E-state index is -3.53. The van der Waals surface area contributed by atoms with E-state index in [1.54, 1.807) is 18.2 Å². The summed E-state index contributed by atoms with van der Waals surface area (Å²) in [4.78, 5) is 16.2. The molecule has 1 aromatic carbocycles. The van der Waals surface area contributed by atoms with E-state index in [1.165, 1.54) is 16.8 Å². The number of carbonyl (C=O) groups excluding carboxylic acids is 1. The van der Waals surface area contributed by atoms with E-state index in [1.807, 2.05) is 4.90 Å². The highest BCUT2D eigenvalue weighted by molar-refractivity contribution is 7.89. The van der Waals surface area contributed by atoms with E-state index in [9.17, 15) is 13.2 Å². The van der Waals surface area contributed by atoms with Gasteiger partial charge in [-0.1, -0.05) is 17.7 Å². The molecule has 1 amide bonds. The van der Waals surface area contributed by atoms with Gasteiger partial charge in [-0.05, 0) is 51.3 Å². The molecule has 0 spiro atoms. The molecule has 8 heteroatoms. The molecule has 2 heterocycles. The summed E-state index contributed by atoms with van der Waals surface area (Å²) in [7, 11) is -3.53. The highest BCUT2D eigenvalue weighted by Crippen LogP contribution is 2.22. The number of amides is 1. The standard InChI is InChI=1S/C19H28ClN3O3S/c1-15-5-3-6-16(2)23(15)19(24)14-21-9-11-22(12-10-21)27(25,26)18-8-4-7-17(20)13-18/h4,7-8,13,15-16H,3,5-6,9-12,14H2,1-2H3/p+1/t15-,16-/m0/s1. The molecule has 6 nitrogen and oxygen atoms in total. The number of hydrogen-bond acceptors (Lipinski definition) is 3. The molecule has 1 N–H and O–H groups in total. The number of nitrogens with one attached hydrogen (secondary N) is 1. The zero-order valence-corrected chi connectivity index (χ0v) is 17.6. The van der Waals surface area contributed by atoms with Gasteiger partial charge in [-0.25, -0.2) is 8.42 Å². The molecule has 0 bridgehead atoms. The lowest BCUT2D eigenvalue weighted by atomic mass is 9.97. The van der Waals surface area contributed by atoms with Crippen LogP contribution in [-0.4, -0.2) is 68.3 Å². The van der Waals surface area contributed by atoms with Crippen molar-refractivity contribution in [2.75, 3.05) is 32.7 Å². The van der Waals surface area contributed by atoms with E-state index in [2.05, 4.69) is 13.8 Å². The first kappa shape index (κ1) is 20.6. The normalized spacial score (nSPS) is 25.5. The first-order chi connectivity index (χ1) is 12.8. The van der Waals surface area contributed by atoms with Crippen molar-refractivity contribution in [1.82, 2.24) is 9.21 Å². The highest BCUT2D eigenvalue weighted by atomic mass is 35.5. The van der Waals surface area contributed by atoms with Gasteiger partial charge in [-0.3, -0.25) is 4.79 Å². The Bertz CT molecular complexity index is 768. The Morgan fingerprint density at radius 1 is 1.19 bits per heavy atom. The Hall–Kier alpha value is -1.15. The molecule has 0 unspecified atom stereocenters. The number of carbonyl (C=O) groups is 1. The fourth-order valence-electron chi connectivity index (χ4n) is 4.21. The molecule has 27 heavy (non-hydrogen) atoms. The second-order valence-corrected chi connectivity index (χ2v) is 10.1. The predicted molar refractivity (Wildman–Crippen MR) is 105 cm³/mol. The lowest BCUT2D eigenvalue weighted by molar-refractivity contribution is -0.896. The van der Waals surface area contributed by atoms with E-state index in [0.717, 1.165) is 17.7 Å². The average Bonchev–Trinajstić information content (AvgIpc) is 2.62. The highest BCUT2D eigenvalue weighted by Gasteiger charge is 2.34. The molecule has 1 aromatic rings. The fraction of sp³-hybridized carbons (Fsp3) is 0.632. The number of benzene rings is 1. The minimum absolute atomic E-state index is 0.191. The van der Waals surface area contributed by atoms with Crippen LogP contribution in [0.3, 0.4) is 0 Å². The van der Waals surface area contributed by atoms with Gasteiger partial charge in [0, 0.05) is 17.1 Å². The van der Waals surface area contributed by atoms with Gasteiger partial charge in [-0.15, -0.1) is 0 Å². The number of nitrogens with zero attached hydrogens (tertiary/aromatic N) is 2. The van der Waals surface area contributed by atoms with Gasteiger partial charge in [0.25, 0.3) is 5.91 Å². The molecule has 2 fully saturated rings. The van der Waals surface area contributed by atoms with Crippen LogP contribution >= 0.6 is 11.6 Å². The number of rotatable bonds is 4. The van der Waals surface area contributed by atoms with Crippen molar-refractivity contribution in [2.24, 2.45) is 0 Å². The third-order valence-corrected chi connectivity index (χ3v) is 7.88. The molecule has 0 aromatic heterocycles. The monoisotopic (exact) mass is 414 g/mol. The lowest BCUT2D eigenvalue weighted by Gasteiger charge is -2.40. The van der Waals surface area contributed by atoms with Crippen molar-refractivity contribution in [2.45, 2.75) is 50.1 Å². The quantitative estimate of drug-likeness (QED) is 0.800. The minimum Gasteiger partial charge on any atom is -0.332 e. The van der Waals surface area contributed by atoms with Crippen LogP contribution < -0.4 is 4.90 Å². The summed E-state index contributed by atoms with van der Waals surface area (Å²) >= 11 is 5.94. The Labute approximate surface area is 167 Å². The summed E-state index contributed by atoms with van der Waals surface area (Å²) < 4.78 is 27.1. The number of piperazine rings is 1. The van der Waals surface area contributed by atoms with Crippen molar-refractivity contribution >= 4 is 27.5 Å². The number of quaternary nitrogens is 1. The number of piperidine rings is 1. The Morgan fingerprint density at radius 2 is 1.81 bits per heavy atom. The maximum absolute atomic E-state index is 12.8. The number of hydrogen-bond donors (Lipinski definition) is 1. The zero-order chi connectivity index (χ0) is 19.6. The Morgan fingerprint density at radius 3 is 2.41 bits per heavy atom. The number of likely N-dealkylation sites (tertiary alicyclic amines) is 1. The third kappa shape index (κ3) is 4.65. The van der Waals surface area contributed by atoms with Crippen LogP contribution in [0.2, 0.25) is 5.02 Å². The van der Waals surface area contributed by atoms with Crippen molar-refractivity contribution in [3.05, 3.63) is 29.3 Å². The summed E-state index contributed by atoms with van der Waals surface area (Å²) in [6.45, 7) is 6.81. The van der Waals surface area contributed by atoms with Crippen LogP contribution in [0.1, 0.15) is 33.1 Å². The van der Waals surface area contributed by atoms with E-state index in [0.29, 0.717) is 49.8 Å². The maximum Gasteiger partial charge on any atom is 0.278 e. The topological polar surface area (TPSA) is 62.1 Å². The van der Waals surface area contributed by atoms with Crippen LogP contribution in [0, 0.1) is 0 Å². The SMILES string of the molecule is C[C@H]1CCC[C@H](C)N1C(=O)C[NH+]1CCN(S(=O)(=O)c2cccc(Cl)c2)CC1. The third-order valence-electron chi connectivity index (χ3n) is 5.75. The van der Waals surface area contributed by atoms with Gasteiger partial charge in [-0.2, -0.15) is 4.31 Å². The second kappa shape index (κ2) is 8.47. The van der Waals surface area contributed by atoms with Gasteiger partial charge in [0.1, 0.15) is 0 Å². The van der Waals surface area contributed by atoms with Crippen molar-refractivity contribution < 1.29 is 18.1 Å². The molecular formula is C19H29ClN3O3S+. The van der Waals surface area contributed by atoms with Crippen molar-refractivity contribution in [3.8, 4) is 0 Å². The van der Waals surface area contributed by atoms with E-state index < -0.39 is 10.0 Å². The fourth-order valence-corrected chi connectivity index (χ4v) is 5.96. The lowest BCUT2D eigenvalue weighted by Crippen LogP contribution is -3.15. The molecule has 2 saturated heterocycles. The molecule has 150 valence electrons. The molecule has 2 atom stereocenters. The largest absolute Gasteiger partial charge is 0.332 e. The summed E-state index contributed by atoms with van der Waals surface area (Å²) in [6, 6.07) is 6.96. The first-order valence-corrected chi connectivity index (χ1v) is 11.5. The van der Waals surface area contributed by atoms with Gasteiger partial charge in [0.2, 0.25) is 10.0 Å². The van der Waals surface area contributed by atoms with E-state index in [4.69, 9.17) is 11.6 Å². The molecule has 2 aliphatic heterocycles. The molecule has 0 saturated carbocycles. The van der Waals surface area contributed by atoms with Crippen LogP contribution in [0.4, 0.5) is 0 Å². The summed E-state index contributed by atoms with van der Waals surface area (Å²) in [6.07, 6.45) is 3.31. The molecule has 2 aliphatic rings. The van der Waals surface area contributed by atoms with E-state index in [-0.39, 0.29) is 10.8 Å². The zero-order valence-electron chi connectivity index (χ0n) is 16.0. The summed E-state index contributed by atoms with van der Waals surface area (Å²) in [5, 5.41) is 0.413. The molecular weight excluding hydrogens is 386 g/mol. The van der Waals surface area contributed by atoms with E-state index >= 15 is 0 Å². The molecule has 0 aliphatic carbocycles. The Kier molecular flexibility index (Phi) is 6.46. The molecule has 0 radical (unpaired) electrons. The second-order valence-electron chi connectivity index (χ2n) is 7.72. The van der Waals surface area contributed by atoms with Crippen LogP contribution in [0.15, 0.2) is 29.2 Å². The number of sulfonamides is 1. The van der Waals surface area contributed by atoms with Gasteiger partial charge in [0.05, 0.1) is 31.1 Å². The summed E-state index contributed by atoms with van der Waals surface area (Å²) in [5.41, 5.74) is 0. The first-order valence-electron chi connectivity index (χ1n) is 9.69. The van der Waals surface area contributed by atoms with Gasteiger partial charge in [0.15, 0.2) is 6.54 Å². The maximum atomic E-state index is 12.8. The summed E-state index contributed by atoms with van der Waals surface area (Å²) in [5.74, 6) is 0.191. The van der Waals surface area contributed by atoms with Crippen LogP contribution in [0.5, 0.6) is 0 Å². The smallest absolute Gasteiger partial charge is 0.278 e.